The molecule has 0 saturated heterocycles. The summed E-state index contributed by atoms with van der Waals surface area (Å²) in [5.74, 6) is -9.34. The van der Waals surface area contributed by atoms with Crippen molar-refractivity contribution >= 4 is 14.8 Å². The topological polar surface area (TPSA) is 54.0 Å². The van der Waals surface area contributed by atoms with Crippen LogP contribution in [0.5, 0.6) is 0 Å². The number of halogens is 3. The summed E-state index contributed by atoms with van der Waals surface area (Å²) in [6, 6.07) is 0. The summed E-state index contributed by atoms with van der Waals surface area (Å²) in [6.45, 7) is 10.7. The lowest BCUT2D eigenvalue weighted by molar-refractivity contribution is -0.285. The quantitative estimate of drug-likeness (QED) is 0.490. The highest BCUT2D eigenvalue weighted by molar-refractivity contribution is 6.59. The average molecular weight is 386 g/mol. The average Bonchev–Trinajstić information content (AvgIpc) is 3.03. The number of hydrogen-bond acceptors (Lipinski definition) is 5. The number of alkyl halides is 3. The molecule has 3 atom stereocenters. The van der Waals surface area contributed by atoms with Gasteiger partial charge in [0.15, 0.2) is 0 Å². The van der Waals surface area contributed by atoms with Gasteiger partial charge in [0.2, 0.25) is 0 Å². The van der Waals surface area contributed by atoms with E-state index >= 15 is 0 Å². The van der Waals surface area contributed by atoms with Gasteiger partial charge in [-0.05, 0) is 40.0 Å². The Morgan fingerprint density at radius 3 is 1.76 bits per heavy atom. The normalized spacial score (nSPS) is 29.9. The smallest absolute Gasteiger partial charge is 0.422 e. The number of fused-ring (bicyclic) bond motifs is 2. The highest BCUT2D eigenvalue weighted by atomic mass is 28.4. The lowest BCUT2D eigenvalue weighted by Crippen LogP contribution is -2.51. The molecule has 2 fully saturated rings. The molecule has 3 unspecified atom stereocenters. The van der Waals surface area contributed by atoms with Crippen LogP contribution < -0.4 is 0 Å². The lowest BCUT2D eigenvalue weighted by Gasteiger charge is -2.35. The summed E-state index contributed by atoms with van der Waals surface area (Å²) in [5.41, 5.74) is 0. The fourth-order valence-corrected chi connectivity index (χ4v) is 5.29. The minimum absolute atomic E-state index is 0.122. The summed E-state index contributed by atoms with van der Waals surface area (Å²) >= 11 is 0. The molecule has 9 heteroatoms. The summed E-state index contributed by atoms with van der Waals surface area (Å²) in [5, 5.41) is 0. The molecule has 0 spiro atoms. The van der Waals surface area contributed by atoms with Crippen molar-refractivity contribution < 1.29 is 36.0 Å². The number of carbonyl (C=O) groups excluding carboxylic acids is 1. The largest absolute Gasteiger partial charge is 0.497 e. The van der Waals surface area contributed by atoms with E-state index < -0.39 is 38.4 Å². The van der Waals surface area contributed by atoms with Gasteiger partial charge >= 0.3 is 26.6 Å². The molecule has 0 N–H and O–H groups in total. The molecule has 0 radical (unpaired) electrons. The van der Waals surface area contributed by atoms with Gasteiger partial charge in [-0.1, -0.05) is 0 Å². The van der Waals surface area contributed by atoms with Crippen molar-refractivity contribution in [2.75, 3.05) is 19.8 Å². The highest BCUT2D eigenvalue weighted by Crippen LogP contribution is 2.61. The van der Waals surface area contributed by atoms with Gasteiger partial charge < -0.3 is 18.0 Å². The van der Waals surface area contributed by atoms with Crippen LogP contribution >= 0.6 is 0 Å². The van der Waals surface area contributed by atoms with Gasteiger partial charge in [-0.2, -0.15) is 13.2 Å². The number of carbonyl (C=O) groups is 1. The second-order valence-electron chi connectivity index (χ2n) is 6.23. The fraction of sp³-hybridized carbons (Fsp3) is 0.938. The number of hydrogen-bond donors (Lipinski definition) is 0. The molecule has 0 aliphatic heterocycles. The van der Waals surface area contributed by atoms with Crippen LogP contribution in [0.3, 0.4) is 0 Å². The van der Waals surface area contributed by atoms with E-state index in [1.165, 1.54) is 0 Å². The third-order valence-electron chi connectivity index (χ3n) is 4.44. The predicted octanol–water partition coefficient (Wildman–Crippen LogP) is 3.95. The van der Waals surface area contributed by atoms with Crippen LogP contribution in [0.25, 0.3) is 0 Å². The van der Waals surface area contributed by atoms with Crippen molar-refractivity contribution in [3.05, 3.63) is 0 Å². The predicted molar refractivity (Wildman–Crippen MR) is 87.9 cm³/mol. The maximum absolute atomic E-state index is 13.8. The zero-order valence-corrected chi connectivity index (χ0v) is 16.6. The molecule has 148 valence electrons. The van der Waals surface area contributed by atoms with E-state index in [4.69, 9.17) is 13.3 Å². The number of ether oxygens (including phenoxy) is 1. The SMILES string of the molecule is CC(=O)OC1(F)C2CCC(C2)C1(F)F.CCO[Si](C)(OCC)OCC. The Bertz CT molecular complexity index is 434. The Labute approximate surface area is 148 Å². The first kappa shape index (κ1) is 22.4. The van der Waals surface area contributed by atoms with Crippen LogP contribution in [0, 0.1) is 11.8 Å². The van der Waals surface area contributed by atoms with Crippen LogP contribution in [0.15, 0.2) is 0 Å². The Balaban J connectivity index is 0.000000260. The van der Waals surface area contributed by atoms with Gasteiger partial charge in [0.25, 0.3) is 0 Å². The Hall–Kier alpha value is -0.643. The maximum Gasteiger partial charge on any atom is 0.497 e. The van der Waals surface area contributed by atoms with Gasteiger partial charge in [0, 0.05) is 45.1 Å². The molecule has 2 aliphatic rings. The zero-order chi connectivity index (χ0) is 19.3. The zero-order valence-electron chi connectivity index (χ0n) is 15.6. The molecule has 0 aromatic carbocycles. The molecule has 2 saturated carbocycles. The fourth-order valence-electron chi connectivity index (χ4n) is 3.47. The first-order chi connectivity index (χ1) is 11.6. The molecule has 0 amide bonds. The van der Waals surface area contributed by atoms with Crippen LogP contribution in [0.2, 0.25) is 6.55 Å². The van der Waals surface area contributed by atoms with Crippen LogP contribution in [-0.2, 0) is 22.8 Å². The van der Waals surface area contributed by atoms with Crippen LogP contribution in [-0.4, -0.2) is 46.4 Å². The first-order valence-corrected chi connectivity index (χ1v) is 11.0. The molecule has 2 aliphatic carbocycles. The standard InChI is InChI=1S/C9H11F3O2.C7H18O3Si/c1-5(13)14-9(12)7-3-2-6(4-7)8(9,10)11;1-5-8-11(4,9-6-2)10-7-3/h6-7H,2-4H2,1H3;5-7H2,1-4H3. The maximum atomic E-state index is 13.8. The second-order valence-corrected chi connectivity index (χ2v) is 8.82. The van der Waals surface area contributed by atoms with Gasteiger partial charge in [-0.25, -0.2) is 0 Å². The van der Waals surface area contributed by atoms with Crippen LogP contribution in [0.1, 0.15) is 47.0 Å². The molecule has 5 nitrogen and oxygen atoms in total. The molecule has 0 aromatic rings. The lowest BCUT2D eigenvalue weighted by atomic mass is 9.91. The molecule has 0 aromatic heterocycles. The number of rotatable bonds is 7. The van der Waals surface area contributed by atoms with Crippen molar-refractivity contribution in [3.8, 4) is 0 Å². The molecule has 2 bridgehead atoms. The summed E-state index contributed by atoms with van der Waals surface area (Å²) in [6.07, 6.45) is 0.825. The highest BCUT2D eigenvalue weighted by Gasteiger charge is 2.74. The van der Waals surface area contributed by atoms with Gasteiger partial charge in [0.1, 0.15) is 0 Å². The minimum atomic E-state index is -3.51. The molecule has 0 heterocycles. The van der Waals surface area contributed by atoms with Gasteiger partial charge in [-0.15, -0.1) is 0 Å². The molecule has 2 rings (SSSR count). The van der Waals surface area contributed by atoms with Crippen molar-refractivity contribution in [1.82, 2.24) is 0 Å². The third-order valence-corrected chi connectivity index (χ3v) is 6.88. The van der Waals surface area contributed by atoms with Gasteiger partial charge in [0.05, 0.1) is 0 Å². The van der Waals surface area contributed by atoms with Gasteiger partial charge in [-0.3, -0.25) is 4.79 Å². The third kappa shape index (κ3) is 4.96. The summed E-state index contributed by atoms with van der Waals surface area (Å²) in [4.78, 5) is 10.6. The van der Waals surface area contributed by atoms with E-state index in [-0.39, 0.29) is 6.42 Å². The summed E-state index contributed by atoms with van der Waals surface area (Å²) in [7, 11) is -2.25. The number of esters is 1. The second kappa shape index (κ2) is 8.83. The molecule has 25 heavy (non-hydrogen) atoms. The van der Waals surface area contributed by atoms with E-state index in [2.05, 4.69) is 4.74 Å². The van der Waals surface area contributed by atoms with E-state index in [0.717, 1.165) is 6.92 Å². The van der Waals surface area contributed by atoms with Crippen molar-refractivity contribution in [1.29, 1.82) is 0 Å². The monoisotopic (exact) mass is 386 g/mol. The van der Waals surface area contributed by atoms with Crippen molar-refractivity contribution in [2.24, 2.45) is 11.8 Å². The Kier molecular flexibility index (Phi) is 7.91. The van der Waals surface area contributed by atoms with Crippen molar-refractivity contribution in [2.45, 2.75) is 65.3 Å². The minimum Gasteiger partial charge on any atom is -0.422 e. The Morgan fingerprint density at radius 2 is 1.44 bits per heavy atom. The van der Waals surface area contributed by atoms with E-state index in [0.29, 0.717) is 32.7 Å². The molecular weight excluding hydrogens is 357 g/mol. The summed E-state index contributed by atoms with van der Waals surface area (Å²) < 4.78 is 61.0. The van der Waals surface area contributed by atoms with Crippen LogP contribution in [0.4, 0.5) is 13.2 Å². The molecular formula is C16H29F3O5Si. The van der Waals surface area contributed by atoms with E-state index in [1.54, 1.807) is 0 Å². The Morgan fingerprint density at radius 1 is 1.00 bits per heavy atom. The van der Waals surface area contributed by atoms with E-state index in [9.17, 15) is 18.0 Å². The first-order valence-electron chi connectivity index (χ1n) is 8.74. The van der Waals surface area contributed by atoms with Crippen molar-refractivity contribution in [3.63, 3.8) is 0 Å². The van der Waals surface area contributed by atoms with E-state index in [1.807, 2.05) is 27.3 Å².